The zero-order valence-corrected chi connectivity index (χ0v) is 26.1. The molecule has 0 unspecified atom stereocenters. The van der Waals surface area contributed by atoms with Gasteiger partial charge in [0.15, 0.2) is 0 Å². The summed E-state index contributed by atoms with van der Waals surface area (Å²) in [4.78, 5) is 29.2. The minimum atomic E-state index is -4.10. The van der Waals surface area contributed by atoms with Gasteiger partial charge in [0.2, 0.25) is 11.8 Å². The van der Waals surface area contributed by atoms with Crippen LogP contribution in [0.5, 0.6) is 0 Å². The summed E-state index contributed by atoms with van der Waals surface area (Å²) in [6, 6.07) is 18.9. The molecule has 8 heteroatoms. The first-order chi connectivity index (χ1) is 19.3. The first kappa shape index (κ1) is 31.9. The Labute approximate surface area is 245 Å². The molecule has 0 heterocycles. The highest BCUT2D eigenvalue weighted by Crippen LogP contribution is 2.27. The summed E-state index contributed by atoms with van der Waals surface area (Å²) in [5.41, 5.74) is 5.14. The van der Waals surface area contributed by atoms with Crippen molar-refractivity contribution in [1.29, 1.82) is 0 Å². The van der Waals surface area contributed by atoms with Crippen molar-refractivity contribution in [2.75, 3.05) is 17.4 Å². The molecule has 0 aliphatic heterocycles. The van der Waals surface area contributed by atoms with E-state index in [9.17, 15) is 18.0 Å². The van der Waals surface area contributed by atoms with Crippen molar-refractivity contribution < 1.29 is 18.0 Å². The number of carbonyl (C=O) groups is 2. The van der Waals surface area contributed by atoms with Crippen LogP contribution in [0.25, 0.3) is 0 Å². The summed E-state index contributed by atoms with van der Waals surface area (Å²) in [5, 5.41) is 2.96. The number of nitrogens with zero attached hydrogens (tertiary/aromatic N) is 2. The van der Waals surface area contributed by atoms with Crippen LogP contribution in [0.2, 0.25) is 0 Å². The van der Waals surface area contributed by atoms with E-state index < -0.39 is 28.5 Å². The highest BCUT2D eigenvalue weighted by atomic mass is 32.2. The minimum absolute atomic E-state index is 0.0984. The molecule has 1 atom stereocenters. The molecule has 0 spiro atoms. The van der Waals surface area contributed by atoms with Gasteiger partial charge in [-0.15, -0.1) is 0 Å². The van der Waals surface area contributed by atoms with Gasteiger partial charge in [0.05, 0.1) is 10.6 Å². The fourth-order valence-electron chi connectivity index (χ4n) is 4.56. The summed E-state index contributed by atoms with van der Waals surface area (Å²) < 4.78 is 29.2. The molecule has 2 amide bonds. The Kier molecular flexibility index (Phi) is 10.7. The van der Waals surface area contributed by atoms with Gasteiger partial charge in [-0.1, -0.05) is 68.8 Å². The van der Waals surface area contributed by atoms with E-state index in [4.69, 9.17) is 0 Å². The number of sulfonamides is 1. The second-order valence-electron chi connectivity index (χ2n) is 11.1. The van der Waals surface area contributed by atoms with Crippen LogP contribution >= 0.6 is 0 Å². The molecule has 7 nitrogen and oxygen atoms in total. The highest BCUT2D eigenvalue weighted by molar-refractivity contribution is 7.92. The Morgan fingerprint density at radius 2 is 1.51 bits per heavy atom. The van der Waals surface area contributed by atoms with Crippen LogP contribution in [-0.4, -0.2) is 44.3 Å². The van der Waals surface area contributed by atoms with Crippen molar-refractivity contribution in [2.24, 2.45) is 5.92 Å². The van der Waals surface area contributed by atoms with Gasteiger partial charge in [-0.2, -0.15) is 0 Å². The fourth-order valence-corrected chi connectivity index (χ4v) is 5.97. The SMILES string of the molecule is CC[C@@H](C(=O)NCC(C)C)N(Cc1ccccc1C)C(=O)CN(c1ccc(C)c(C)c1)S(=O)(=O)c1ccc(C)cc1. The Bertz CT molecular complexity index is 1470. The van der Waals surface area contributed by atoms with Crippen LogP contribution in [0, 0.1) is 33.6 Å². The summed E-state index contributed by atoms with van der Waals surface area (Å²) in [6.07, 6.45) is 0.385. The highest BCUT2D eigenvalue weighted by Gasteiger charge is 2.34. The van der Waals surface area contributed by atoms with Crippen molar-refractivity contribution >= 4 is 27.5 Å². The molecule has 0 radical (unpaired) electrons. The van der Waals surface area contributed by atoms with Crippen LogP contribution < -0.4 is 9.62 Å². The number of hydrogen-bond acceptors (Lipinski definition) is 4. The van der Waals surface area contributed by atoms with E-state index in [1.807, 2.05) is 78.8 Å². The van der Waals surface area contributed by atoms with Gasteiger partial charge in [-0.25, -0.2) is 8.42 Å². The summed E-state index contributed by atoms with van der Waals surface area (Å²) >= 11 is 0. The topological polar surface area (TPSA) is 86.8 Å². The first-order valence-electron chi connectivity index (χ1n) is 14.1. The monoisotopic (exact) mass is 577 g/mol. The summed E-state index contributed by atoms with van der Waals surface area (Å²) in [6.45, 7) is 13.8. The molecule has 0 aliphatic rings. The molecule has 3 aromatic carbocycles. The van der Waals surface area contributed by atoms with E-state index in [1.165, 1.54) is 4.90 Å². The molecule has 0 bridgehead atoms. The Balaban J connectivity index is 2.08. The van der Waals surface area contributed by atoms with Crippen LogP contribution in [0.3, 0.4) is 0 Å². The Morgan fingerprint density at radius 1 is 0.854 bits per heavy atom. The molecule has 0 saturated heterocycles. The number of rotatable bonds is 12. The van der Waals surface area contributed by atoms with Crippen molar-refractivity contribution in [3.8, 4) is 0 Å². The van der Waals surface area contributed by atoms with Gasteiger partial charge in [0.25, 0.3) is 10.0 Å². The van der Waals surface area contributed by atoms with Gasteiger partial charge < -0.3 is 10.2 Å². The molecule has 220 valence electrons. The first-order valence-corrected chi connectivity index (χ1v) is 15.6. The smallest absolute Gasteiger partial charge is 0.264 e. The summed E-state index contributed by atoms with van der Waals surface area (Å²) in [5.74, 6) is -0.451. The summed E-state index contributed by atoms with van der Waals surface area (Å²) in [7, 11) is -4.10. The predicted octanol–water partition coefficient (Wildman–Crippen LogP) is 5.70. The number of hydrogen-bond donors (Lipinski definition) is 1. The van der Waals surface area contributed by atoms with E-state index in [2.05, 4.69) is 5.32 Å². The number of anilines is 1. The third-order valence-electron chi connectivity index (χ3n) is 7.34. The van der Waals surface area contributed by atoms with Crippen LogP contribution in [-0.2, 0) is 26.2 Å². The number of aryl methyl sites for hydroxylation is 4. The van der Waals surface area contributed by atoms with Gasteiger partial charge >= 0.3 is 0 Å². The van der Waals surface area contributed by atoms with E-state index in [0.29, 0.717) is 18.7 Å². The zero-order chi connectivity index (χ0) is 30.3. The third-order valence-corrected chi connectivity index (χ3v) is 9.13. The lowest BCUT2D eigenvalue weighted by atomic mass is 10.1. The molecule has 0 saturated carbocycles. The maximum Gasteiger partial charge on any atom is 0.264 e. The normalized spacial score (nSPS) is 12.2. The Hall–Kier alpha value is -3.65. The van der Waals surface area contributed by atoms with Crippen molar-refractivity contribution in [3.63, 3.8) is 0 Å². The van der Waals surface area contributed by atoms with Gasteiger partial charge in [0, 0.05) is 13.1 Å². The Morgan fingerprint density at radius 3 is 2.10 bits per heavy atom. The molecular weight excluding hydrogens is 534 g/mol. The molecule has 0 aliphatic carbocycles. The van der Waals surface area contributed by atoms with Gasteiger partial charge in [0.1, 0.15) is 12.6 Å². The van der Waals surface area contributed by atoms with E-state index in [-0.39, 0.29) is 23.3 Å². The lowest BCUT2D eigenvalue weighted by Crippen LogP contribution is -2.52. The van der Waals surface area contributed by atoms with Crippen molar-refractivity contribution in [1.82, 2.24) is 10.2 Å². The molecule has 41 heavy (non-hydrogen) atoms. The van der Waals surface area contributed by atoms with Crippen LogP contribution in [0.15, 0.2) is 71.6 Å². The van der Waals surface area contributed by atoms with E-state index >= 15 is 0 Å². The predicted molar refractivity (Wildman–Crippen MR) is 165 cm³/mol. The number of carbonyl (C=O) groups excluding carboxylic acids is 2. The maximum atomic E-state index is 14.2. The number of nitrogens with one attached hydrogen (secondary N) is 1. The quantitative estimate of drug-likeness (QED) is 0.299. The average molecular weight is 578 g/mol. The van der Waals surface area contributed by atoms with Crippen LogP contribution in [0.4, 0.5) is 5.69 Å². The largest absolute Gasteiger partial charge is 0.354 e. The van der Waals surface area contributed by atoms with E-state index in [1.54, 1.807) is 36.4 Å². The van der Waals surface area contributed by atoms with Crippen LogP contribution in [0.1, 0.15) is 55.0 Å². The van der Waals surface area contributed by atoms with Gasteiger partial charge in [-0.3, -0.25) is 13.9 Å². The fraction of sp³-hybridized carbons (Fsp3) is 0.394. The number of benzene rings is 3. The average Bonchev–Trinajstić information content (AvgIpc) is 2.93. The van der Waals surface area contributed by atoms with E-state index in [0.717, 1.165) is 32.1 Å². The second kappa shape index (κ2) is 13.8. The number of amides is 2. The lowest BCUT2D eigenvalue weighted by molar-refractivity contribution is -0.140. The zero-order valence-electron chi connectivity index (χ0n) is 25.3. The van der Waals surface area contributed by atoms with Crippen molar-refractivity contribution in [3.05, 3.63) is 94.5 Å². The molecule has 1 N–H and O–H groups in total. The molecule has 3 aromatic rings. The third kappa shape index (κ3) is 7.97. The minimum Gasteiger partial charge on any atom is -0.354 e. The van der Waals surface area contributed by atoms with Crippen molar-refractivity contribution in [2.45, 2.75) is 72.4 Å². The maximum absolute atomic E-state index is 14.2. The second-order valence-corrected chi connectivity index (χ2v) is 13.0. The van der Waals surface area contributed by atoms with Gasteiger partial charge in [-0.05, 0) is 86.6 Å². The molecule has 0 fully saturated rings. The molecule has 3 rings (SSSR count). The standard InChI is InChI=1S/C33H43N3O4S/c1-8-31(33(38)34-20-23(2)3)35(21-28-12-10-9-11-26(28)6)32(37)22-36(29-16-15-25(5)27(7)19-29)41(39,40)30-17-13-24(4)14-18-30/h9-19,23,31H,8,20-22H2,1-7H3,(H,34,38)/t31-/m0/s1. The lowest BCUT2D eigenvalue weighted by Gasteiger charge is -2.33. The molecular formula is C33H43N3O4S. The molecule has 0 aromatic heterocycles.